The van der Waals surface area contributed by atoms with Crippen LogP contribution in [0.2, 0.25) is 0 Å². The first-order valence-electron chi connectivity index (χ1n) is 28.1. The smallest absolute Gasteiger partial charge is 0.280 e. The van der Waals surface area contributed by atoms with E-state index in [0.717, 1.165) is 73.4 Å². The van der Waals surface area contributed by atoms with Crippen LogP contribution in [0.3, 0.4) is 0 Å². The normalized spacial score (nSPS) is 21.6. The second kappa shape index (κ2) is 22.6. The molecule has 5 aliphatic rings. The lowest BCUT2D eigenvalue weighted by molar-refractivity contribution is 0.0994. The van der Waals surface area contributed by atoms with Gasteiger partial charge in [0.15, 0.2) is 0 Å². The van der Waals surface area contributed by atoms with Crippen molar-refractivity contribution < 1.29 is 27.5 Å². The van der Waals surface area contributed by atoms with Gasteiger partial charge in [-0.25, -0.2) is 17.9 Å². The van der Waals surface area contributed by atoms with Gasteiger partial charge in [-0.2, -0.15) is 20.2 Å². The molecule has 9 heterocycles. The van der Waals surface area contributed by atoms with Gasteiger partial charge in [0.05, 0.1) is 87.1 Å². The SMILES string of the molecule is CCN=S(=O)(c1ccc2c(c1)N1C[C@H](C)CCCOc3c(cnn3C)-c3cc(cc(CCn4ncc5c4OCCC[C@@H](C)CN4/C(=N/C(=O)c6cc(C)nc-5c6)Nc5ccc(N[SH]6(=O)CCCCC6)cc54)n3)C(=O)/N=C/1N2)C(C)C. The highest BCUT2D eigenvalue weighted by Gasteiger charge is 2.33. The number of carbonyl (C=O) groups is 2. The van der Waals surface area contributed by atoms with Crippen molar-refractivity contribution in [2.45, 2.75) is 110 Å². The minimum Gasteiger partial charge on any atom is -0.477 e. The van der Waals surface area contributed by atoms with Gasteiger partial charge in [-0.3, -0.25) is 23.8 Å². The predicted molar refractivity (Wildman–Crippen MR) is 318 cm³/mol. The first-order chi connectivity index (χ1) is 38.5. The monoisotopic (exact) mass is 1120 g/mol. The Balaban J connectivity index is 0.901. The lowest BCUT2D eigenvalue weighted by atomic mass is 10.1. The lowest BCUT2D eigenvalue weighted by Gasteiger charge is -2.30. The Bertz CT molecular complexity index is 3620. The number of aromatic nitrogens is 6. The number of thiol groups is 1. The Morgan fingerprint density at radius 2 is 1.36 bits per heavy atom. The van der Waals surface area contributed by atoms with Gasteiger partial charge in [0.25, 0.3) is 11.8 Å². The number of guanidine groups is 2. The maximum absolute atomic E-state index is 14.7. The highest BCUT2D eigenvalue weighted by atomic mass is 32.3. The van der Waals surface area contributed by atoms with Crippen molar-refractivity contribution in [1.29, 1.82) is 0 Å². The van der Waals surface area contributed by atoms with Gasteiger partial charge in [-0.1, -0.05) is 20.3 Å². The molecule has 0 spiro atoms. The highest BCUT2D eigenvalue weighted by molar-refractivity contribution is 8.04. The minimum absolute atomic E-state index is 0.161. The fourth-order valence-corrected chi connectivity index (χ4v) is 15.7. The van der Waals surface area contributed by atoms with Crippen molar-refractivity contribution in [1.82, 2.24) is 29.5 Å². The van der Waals surface area contributed by atoms with Crippen molar-refractivity contribution in [2.75, 3.05) is 69.5 Å². The number of hydrogen-bond donors (Lipinski definition) is 4. The Morgan fingerprint density at radius 3 is 2.02 bits per heavy atom. The van der Waals surface area contributed by atoms with Crippen molar-refractivity contribution in [3.8, 4) is 34.3 Å². The molecule has 2 amide bonds. The van der Waals surface area contributed by atoms with Gasteiger partial charge in [0, 0.05) is 83.0 Å². The molecule has 0 radical (unpaired) electrons. The molecule has 3 atom stereocenters. The third-order valence-electron chi connectivity index (χ3n) is 15.4. The molecule has 4 bridgehead atoms. The molecular formula is C58H72N14O6S2. The summed E-state index contributed by atoms with van der Waals surface area (Å²) in [5.74, 6) is 2.65. The number of fused-ring (bicyclic) bond motifs is 14. The first kappa shape index (κ1) is 54.5. The number of benzene rings is 2. The lowest BCUT2D eigenvalue weighted by Crippen LogP contribution is -2.35. The highest BCUT2D eigenvalue weighted by Crippen LogP contribution is 2.40. The average Bonchev–Trinajstić information content (AvgIpc) is 4.21. The van der Waals surface area contributed by atoms with Crippen LogP contribution in [-0.2, 0) is 39.9 Å². The van der Waals surface area contributed by atoms with Crippen molar-refractivity contribution in [3.63, 3.8) is 0 Å². The topological polar surface area (TPSA) is 228 Å². The summed E-state index contributed by atoms with van der Waals surface area (Å²) < 4.78 is 52.7. The van der Waals surface area contributed by atoms with E-state index in [1.165, 1.54) is 0 Å². The van der Waals surface area contributed by atoms with Gasteiger partial charge in [0.2, 0.25) is 23.7 Å². The molecule has 1 saturated heterocycles. The van der Waals surface area contributed by atoms with E-state index in [1.54, 1.807) is 46.0 Å². The minimum atomic E-state index is -2.72. The van der Waals surface area contributed by atoms with E-state index in [4.69, 9.17) is 34.5 Å². The van der Waals surface area contributed by atoms with Crippen LogP contribution in [0.4, 0.5) is 28.4 Å². The van der Waals surface area contributed by atoms with E-state index in [-0.39, 0.29) is 17.1 Å². The molecule has 80 heavy (non-hydrogen) atoms. The van der Waals surface area contributed by atoms with Crippen LogP contribution in [0.15, 0.2) is 92.3 Å². The van der Waals surface area contributed by atoms with Crippen LogP contribution in [0.25, 0.3) is 22.5 Å². The molecule has 6 aromatic rings. The van der Waals surface area contributed by atoms with E-state index >= 15 is 0 Å². The second-order valence-corrected chi connectivity index (χ2v) is 27.8. The Kier molecular flexibility index (Phi) is 15.4. The average molecular weight is 1130 g/mol. The Hall–Kier alpha value is -7.46. The number of nitrogens with one attached hydrogen (secondary N) is 3. The summed E-state index contributed by atoms with van der Waals surface area (Å²) in [7, 11) is -3.43. The third-order valence-corrected chi connectivity index (χ3v) is 21.0. The van der Waals surface area contributed by atoms with Gasteiger partial charge in [0.1, 0.15) is 0 Å². The molecule has 1 unspecified atom stereocenters. The molecule has 2 aromatic carbocycles. The van der Waals surface area contributed by atoms with Crippen molar-refractivity contribution >= 4 is 72.0 Å². The molecule has 22 heteroatoms. The fourth-order valence-electron chi connectivity index (χ4n) is 11.3. The number of hydrogen-bond acceptors (Lipinski definition) is 15. The van der Waals surface area contributed by atoms with Crippen LogP contribution in [-0.4, -0.2) is 111 Å². The van der Waals surface area contributed by atoms with Gasteiger partial charge in [-0.05, 0) is 149 Å². The zero-order chi connectivity index (χ0) is 55.9. The van der Waals surface area contributed by atoms with E-state index < -0.39 is 31.7 Å². The molecular weight excluding hydrogens is 1050 g/mol. The number of carbonyl (C=O) groups excluding carboxylic acids is 2. The summed E-state index contributed by atoms with van der Waals surface area (Å²) in [4.78, 5) is 53.2. The van der Waals surface area contributed by atoms with Gasteiger partial charge in [-0.15, -0.1) is 0 Å². The molecule has 1 fully saturated rings. The predicted octanol–water partition coefficient (Wildman–Crippen LogP) is 9.55. The van der Waals surface area contributed by atoms with E-state index in [2.05, 4.69) is 43.6 Å². The number of rotatable bonds is 8. The maximum atomic E-state index is 14.7. The second-order valence-electron chi connectivity index (χ2n) is 22.1. The number of anilines is 5. The van der Waals surface area contributed by atoms with Crippen LogP contribution in [0.1, 0.15) is 112 Å². The summed E-state index contributed by atoms with van der Waals surface area (Å²) in [6, 6.07) is 18.6. The molecule has 4 aromatic heterocycles. The standard InChI is InChI=1S/C58H72N14O6S2/c1-8-61-80(76,36(2)3)44-17-19-48-52(31-44)71-35-38(5)14-12-22-77-55-45(32-59-69(55)7)50-29-41(54(74)67-58(71)65-48)27-42(63-50)20-21-72-56-46(33-60-72)49-28-40(26-39(6)62-49)53(73)66-57-64-47-18-16-43(68-79(75)24-10-9-11-25-79)30-51(47)70(57)34-37(4)15-13-23-78-56/h16-19,26-33,36-38,79H,8-15,20-25,34-35H2,1-7H3,(H,68,75)(H,64,66,73)(H,65,67,74)/t37-,38-,80?/m1/s1. The van der Waals surface area contributed by atoms with E-state index in [1.807, 2.05) is 76.0 Å². The van der Waals surface area contributed by atoms with Crippen LogP contribution in [0, 0.1) is 18.8 Å². The molecule has 0 saturated carbocycles. The summed E-state index contributed by atoms with van der Waals surface area (Å²) >= 11 is 0. The summed E-state index contributed by atoms with van der Waals surface area (Å²) in [6.07, 6.45) is 9.90. The Labute approximate surface area is 469 Å². The summed E-state index contributed by atoms with van der Waals surface area (Å²) in [5.41, 5.74) is 8.24. The zero-order valence-electron chi connectivity index (χ0n) is 46.7. The van der Waals surface area contributed by atoms with Crippen molar-refractivity contribution in [2.24, 2.45) is 33.2 Å². The number of ether oxygens (including phenoxy) is 2. The molecule has 3 N–H and O–H groups in total. The number of nitrogens with zero attached hydrogens (tertiary/aromatic N) is 11. The molecule has 0 aliphatic carbocycles. The molecule has 5 aliphatic heterocycles. The van der Waals surface area contributed by atoms with Crippen LogP contribution < -0.4 is 34.6 Å². The first-order valence-corrected chi connectivity index (χ1v) is 31.8. The largest absolute Gasteiger partial charge is 0.477 e. The summed E-state index contributed by atoms with van der Waals surface area (Å²) in [6.45, 7) is 14.6. The quantitative estimate of drug-likeness (QED) is 0.104. The molecule has 20 nitrogen and oxygen atoms in total. The molecule has 11 rings (SSSR count). The number of aryl methyl sites for hydroxylation is 4. The third kappa shape index (κ3) is 11.2. The number of amides is 2. The van der Waals surface area contributed by atoms with E-state index in [0.29, 0.717) is 131 Å². The van der Waals surface area contributed by atoms with Crippen LogP contribution in [0.5, 0.6) is 11.8 Å². The van der Waals surface area contributed by atoms with E-state index in [9.17, 15) is 18.0 Å². The molecule has 422 valence electrons. The fraction of sp³-hybridized carbons (Fsp3) is 0.448. The van der Waals surface area contributed by atoms with Crippen molar-refractivity contribution in [3.05, 3.63) is 95.6 Å². The van der Waals surface area contributed by atoms with Crippen LogP contribution >= 0.6 is 0 Å². The number of pyridine rings is 2. The number of aliphatic imine (C=N–C) groups is 2. The summed E-state index contributed by atoms with van der Waals surface area (Å²) in [5, 5.41) is 16.0. The zero-order valence-corrected chi connectivity index (χ0v) is 48.4. The maximum Gasteiger partial charge on any atom is 0.280 e. The Morgan fingerprint density at radius 1 is 0.762 bits per heavy atom. The van der Waals surface area contributed by atoms with Gasteiger partial charge >= 0.3 is 0 Å². The van der Waals surface area contributed by atoms with Gasteiger partial charge < -0.3 is 34.6 Å².